The summed E-state index contributed by atoms with van der Waals surface area (Å²) in [7, 11) is 0. The van der Waals surface area contributed by atoms with Crippen LogP contribution >= 0.6 is 0 Å². The van der Waals surface area contributed by atoms with Crippen LogP contribution in [0.15, 0.2) is 30.8 Å². The highest BCUT2D eigenvalue weighted by atomic mass is 16.7. The lowest BCUT2D eigenvalue weighted by Gasteiger charge is -2.36. The second kappa shape index (κ2) is 5.57. The van der Waals surface area contributed by atoms with Crippen LogP contribution in [0, 0.1) is 0 Å². The molecule has 0 heterocycles. The maximum Gasteiger partial charge on any atom is 0.207 e. The zero-order chi connectivity index (χ0) is 13.8. The van der Waals surface area contributed by atoms with Crippen LogP contribution in [0.25, 0.3) is 6.08 Å². The van der Waals surface area contributed by atoms with Crippen molar-refractivity contribution in [2.24, 2.45) is 0 Å². The highest BCUT2D eigenvalue weighted by Crippen LogP contribution is 2.27. The highest BCUT2D eigenvalue weighted by molar-refractivity contribution is 5.48. The molecule has 0 N–H and O–H groups in total. The Hall–Kier alpha value is -1.28. The van der Waals surface area contributed by atoms with Crippen molar-refractivity contribution >= 4 is 6.08 Å². The minimum atomic E-state index is -0.603. The van der Waals surface area contributed by atoms with Crippen molar-refractivity contribution in [2.75, 3.05) is 0 Å². The summed E-state index contributed by atoms with van der Waals surface area (Å²) in [5, 5.41) is 0. The average Bonchev–Trinajstić information content (AvgIpc) is 2.27. The van der Waals surface area contributed by atoms with Crippen LogP contribution < -0.4 is 4.74 Å². The van der Waals surface area contributed by atoms with Gasteiger partial charge >= 0.3 is 0 Å². The molecule has 1 rings (SSSR count). The van der Waals surface area contributed by atoms with Gasteiger partial charge in [-0.15, -0.1) is 0 Å². The summed E-state index contributed by atoms with van der Waals surface area (Å²) in [6.45, 7) is 13.9. The Morgan fingerprint density at radius 1 is 1.11 bits per heavy atom. The molecule has 0 aromatic heterocycles. The second-order valence-electron chi connectivity index (χ2n) is 5.58. The molecule has 0 amide bonds. The van der Waals surface area contributed by atoms with Crippen LogP contribution in [0.1, 0.15) is 46.6 Å². The fourth-order valence-electron chi connectivity index (χ4n) is 1.73. The van der Waals surface area contributed by atoms with Crippen LogP contribution in [0.5, 0.6) is 5.75 Å². The van der Waals surface area contributed by atoms with Crippen LogP contribution in [-0.4, -0.2) is 11.4 Å². The van der Waals surface area contributed by atoms with Crippen LogP contribution in [0.4, 0.5) is 0 Å². The molecule has 0 aliphatic carbocycles. The van der Waals surface area contributed by atoms with E-state index in [0.717, 1.165) is 17.7 Å². The van der Waals surface area contributed by atoms with Gasteiger partial charge in [0.15, 0.2) is 0 Å². The van der Waals surface area contributed by atoms with Crippen LogP contribution in [-0.2, 0) is 4.74 Å². The Morgan fingerprint density at radius 3 is 2.06 bits per heavy atom. The van der Waals surface area contributed by atoms with E-state index < -0.39 is 5.79 Å². The molecule has 0 spiro atoms. The molecule has 0 saturated heterocycles. The van der Waals surface area contributed by atoms with Gasteiger partial charge in [-0.25, -0.2) is 0 Å². The van der Waals surface area contributed by atoms with Gasteiger partial charge in [0.1, 0.15) is 5.75 Å². The minimum Gasteiger partial charge on any atom is -0.463 e. The van der Waals surface area contributed by atoms with E-state index in [1.54, 1.807) is 0 Å². The highest BCUT2D eigenvalue weighted by Gasteiger charge is 2.30. The van der Waals surface area contributed by atoms with Gasteiger partial charge in [-0.2, -0.15) is 0 Å². The zero-order valence-corrected chi connectivity index (χ0v) is 12.1. The largest absolute Gasteiger partial charge is 0.463 e. The van der Waals surface area contributed by atoms with Gasteiger partial charge in [-0.05, 0) is 38.5 Å². The van der Waals surface area contributed by atoms with Crippen molar-refractivity contribution < 1.29 is 9.47 Å². The molecule has 1 atom stereocenters. The Bertz CT molecular complexity index is 387. The first-order chi connectivity index (χ1) is 8.28. The minimum absolute atomic E-state index is 0.230. The van der Waals surface area contributed by atoms with Crippen molar-refractivity contribution in [3.63, 3.8) is 0 Å². The van der Waals surface area contributed by atoms with E-state index in [0.29, 0.717) is 0 Å². The third-order valence-corrected chi connectivity index (χ3v) is 2.61. The third-order valence-electron chi connectivity index (χ3n) is 2.61. The number of hydrogen-bond acceptors (Lipinski definition) is 2. The summed E-state index contributed by atoms with van der Waals surface area (Å²) in [6.07, 6.45) is 2.60. The molecule has 1 unspecified atom stereocenters. The lowest BCUT2D eigenvalue weighted by atomic mass is 10.1. The molecule has 2 heteroatoms. The molecule has 18 heavy (non-hydrogen) atoms. The van der Waals surface area contributed by atoms with Crippen LogP contribution in [0.2, 0.25) is 0 Å². The van der Waals surface area contributed by atoms with Crippen molar-refractivity contribution in [3.05, 3.63) is 36.4 Å². The topological polar surface area (TPSA) is 18.5 Å². The van der Waals surface area contributed by atoms with Crippen molar-refractivity contribution in [1.29, 1.82) is 0 Å². The number of ether oxygens (including phenoxy) is 2. The molecular weight excluding hydrogens is 224 g/mol. The lowest BCUT2D eigenvalue weighted by molar-refractivity contribution is -0.226. The van der Waals surface area contributed by atoms with Gasteiger partial charge in [-0.1, -0.05) is 31.7 Å². The van der Waals surface area contributed by atoms with Gasteiger partial charge in [0, 0.05) is 13.3 Å². The standard InChI is InChI=1S/C16H24O2/c1-7-13-9-11-14(12-10-13)17-16(6,8-2)18-15(3,4)5/h7,9-12H,1,8H2,2-6H3. The van der Waals surface area contributed by atoms with Gasteiger partial charge in [0.25, 0.3) is 0 Å². The third kappa shape index (κ3) is 4.53. The summed E-state index contributed by atoms with van der Waals surface area (Å²) in [5.74, 6) is 0.211. The molecule has 0 bridgehead atoms. The molecule has 0 radical (unpaired) electrons. The average molecular weight is 248 g/mol. The molecule has 100 valence electrons. The van der Waals surface area contributed by atoms with Crippen molar-refractivity contribution in [3.8, 4) is 5.75 Å². The number of rotatable bonds is 5. The SMILES string of the molecule is C=Cc1ccc(OC(C)(CC)OC(C)(C)C)cc1. The number of hydrogen-bond donors (Lipinski definition) is 0. The zero-order valence-electron chi connectivity index (χ0n) is 12.1. The lowest BCUT2D eigenvalue weighted by Crippen LogP contribution is -2.41. The molecule has 1 aromatic rings. The summed E-state index contributed by atoms with van der Waals surface area (Å²) >= 11 is 0. The molecule has 0 aliphatic heterocycles. The van der Waals surface area contributed by atoms with E-state index in [1.165, 1.54) is 0 Å². The van der Waals surface area contributed by atoms with Crippen molar-refractivity contribution in [2.45, 2.75) is 52.4 Å². The molecule has 2 nitrogen and oxygen atoms in total. The van der Waals surface area contributed by atoms with Gasteiger partial charge in [-0.3, -0.25) is 0 Å². The van der Waals surface area contributed by atoms with Gasteiger partial charge in [0.05, 0.1) is 5.60 Å². The monoisotopic (exact) mass is 248 g/mol. The van der Waals surface area contributed by atoms with E-state index >= 15 is 0 Å². The molecule has 0 fully saturated rings. The summed E-state index contributed by atoms with van der Waals surface area (Å²) in [5.41, 5.74) is 0.850. The van der Waals surface area contributed by atoms with Gasteiger partial charge in [0.2, 0.25) is 5.79 Å². The predicted octanol–water partition coefficient (Wildman–Crippen LogP) is 4.65. The van der Waals surface area contributed by atoms with E-state index in [1.807, 2.05) is 58.0 Å². The quantitative estimate of drug-likeness (QED) is 0.706. The predicted molar refractivity (Wildman–Crippen MR) is 76.7 cm³/mol. The molecule has 1 aromatic carbocycles. The summed E-state index contributed by atoms with van der Waals surface area (Å²) in [6, 6.07) is 7.85. The molecule has 0 aliphatic rings. The molecule has 0 saturated carbocycles. The Labute approximate surface area is 111 Å². The van der Waals surface area contributed by atoms with E-state index in [2.05, 4.69) is 13.5 Å². The summed E-state index contributed by atoms with van der Waals surface area (Å²) in [4.78, 5) is 0. The van der Waals surface area contributed by atoms with E-state index in [9.17, 15) is 0 Å². The fraction of sp³-hybridized carbons (Fsp3) is 0.500. The first-order valence-electron chi connectivity index (χ1n) is 6.40. The fourth-order valence-corrected chi connectivity index (χ4v) is 1.73. The smallest absolute Gasteiger partial charge is 0.207 e. The Morgan fingerprint density at radius 2 is 1.67 bits per heavy atom. The second-order valence-corrected chi connectivity index (χ2v) is 5.58. The Kier molecular flexibility index (Phi) is 4.58. The molecular formula is C16H24O2. The first-order valence-corrected chi connectivity index (χ1v) is 6.40. The van der Waals surface area contributed by atoms with Crippen molar-refractivity contribution in [1.82, 2.24) is 0 Å². The first kappa shape index (κ1) is 14.8. The summed E-state index contributed by atoms with van der Waals surface area (Å²) < 4.78 is 12.0. The van der Waals surface area contributed by atoms with Gasteiger partial charge < -0.3 is 9.47 Å². The normalized spacial score (nSPS) is 14.9. The maximum absolute atomic E-state index is 5.99. The van der Waals surface area contributed by atoms with Crippen LogP contribution in [0.3, 0.4) is 0 Å². The number of benzene rings is 1. The van der Waals surface area contributed by atoms with E-state index in [4.69, 9.17) is 9.47 Å². The maximum atomic E-state index is 5.99. The Balaban J connectivity index is 2.80. The van der Waals surface area contributed by atoms with E-state index in [-0.39, 0.29) is 5.60 Å².